The molecule has 1 aliphatic rings. The lowest BCUT2D eigenvalue weighted by molar-refractivity contribution is -0.144. The van der Waals surface area contributed by atoms with Crippen LogP contribution in [0.25, 0.3) is 11.1 Å². The molecule has 0 unspecified atom stereocenters. The minimum absolute atomic E-state index is 0.136. The Kier molecular flexibility index (Phi) is 18.8. The van der Waals surface area contributed by atoms with Crippen LogP contribution in [0, 0.1) is 53.2 Å². The molecule has 0 saturated carbocycles. The Morgan fingerprint density at radius 1 is 0.661 bits per heavy atom. The number of aryl methyl sites for hydroxylation is 4. The summed E-state index contributed by atoms with van der Waals surface area (Å²) >= 11 is 3.49. The predicted molar refractivity (Wildman–Crippen MR) is 249 cm³/mol. The Morgan fingerprint density at radius 2 is 1.10 bits per heavy atom. The molecule has 4 aromatic carbocycles. The van der Waals surface area contributed by atoms with E-state index in [1.807, 2.05) is 98.7 Å². The number of halogens is 3. The van der Waals surface area contributed by atoms with Crippen molar-refractivity contribution in [1.29, 1.82) is 0 Å². The number of carbonyl (C=O) groups is 2. The smallest absolute Gasteiger partial charge is 0.494 e. The predicted octanol–water partition coefficient (Wildman–Crippen LogP) is 12.0. The van der Waals surface area contributed by atoms with E-state index in [4.69, 9.17) is 28.3 Å². The second-order valence-electron chi connectivity index (χ2n) is 17.0. The first-order valence-corrected chi connectivity index (χ1v) is 21.9. The van der Waals surface area contributed by atoms with Crippen LogP contribution in [-0.2, 0) is 28.4 Å². The van der Waals surface area contributed by atoms with Gasteiger partial charge in [0.1, 0.15) is 23.1 Å². The fourth-order valence-corrected chi connectivity index (χ4v) is 7.60. The van der Waals surface area contributed by atoms with E-state index >= 15 is 0 Å². The molecule has 0 aromatic heterocycles. The number of esters is 2. The summed E-state index contributed by atoms with van der Waals surface area (Å²) in [6.07, 6.45) is 0.292. The highest BCUT2D eigenvalue weighted by molar-refractivity contribution is 9.10. The molecule has 0 radical (unpaired) electrons. The Bertz CT molecular complexity index is 2190. The zero-order chi connectivity index (χ0) is 46.9. The Labute approximate surface area is 377 Å². The number of benzene rings is 4. The van der Waals surface area contributed by atoms with Gasteiger partial charge in [-0.15, -0.1) is 0 Å². The van der Waals surface area contributed by atoms with Crippen molar-refractivity contribution in [3.05, 3.63) is 109 Å². The summed E-state index contributed by atoms with van der Waals surface area (Å²) < 4.78 is 63.2. The average Bonchev–Trinajstić information content (AvgIpc) is 3.42. The summed E-state index contributed by atoms with van der Waals surface area (Å²) in [5.74, 6) is -0.0136. The number of carbonyl (C=O) groups excluding carboxylic acids is 2. The van der Waals surface area contributed by atoms with Gasteiger partial charge in [-0.05, 0) is 175 Å². The number of hydrogen-bond donors (Lipinski definition) is 0. The Hall–Kier alpha value is -4.26. The van der Waals surface area contributed by atoms with E-state index in [1.54, 1.807) is 54.0 Å². The van der Waals surface area contributed by atoms with Crippen molar-refractivity contribution >= 4 is 40.4 Å². The van der Waals surface area contributed by atoms with Crippen LogP contribution < -0.4 is 14.9 Å². The van der Waals surface area contributed by atoms with Crippen LogP contribution in [-0.4, -0.2) is 57.7 Å². The second kappa shape index (κ2) is 22.4. The van der Waals surface area contributed by atoms with Crippen LogP contribution in [0.15, 0.2) is 53.0 Å². The van der Waals surface area contributed by atoms with Gasteiger partial charge in [0.05, 0.1) is 51.5 Å². The molecule has 0 N–H and O–H groups in total. The molecule has 1 aliphatic heterocycles. The highest BCUT2D eigenvalue weighted by Crippen LogP contribution is 2.38. The zero-order valence-electron chi connectivity index (χ0n) is 39.6. The van der Waals surface area contributed by atoms with Crippen molar-refractivity contribution in [2.75, 3.05) is 27.4 Å². The lowest BCUT2D eigenvalue weighted by Gasteiger charge is -2.32. The van der Waals surface area contributed by atoms with Gasteiger partial charge in [-0.25, -0.2) is 8.78 Å². The minimum atomic E-state index is -0.558. The van der Waals surface area contributed by atoms with Crippen molar-refractivity contribution in [2.45, 2.75) is 133 Å². The van der Waals surface area contributed by atoms with Crippen LogP contribution in [0.3, 0.4) is 0 Å². The second-order valence-corrected chi connectivity index (χ2v) is 17.7. The molecule has 8 nitrogen and oxygen atoms in total. The first-order chi connectivity index (χ1) is 28.9. The molecular formula is C50H66BBrF2O8. The van der Waals surface area contributed by atoms with Crippen molar-refractivity contribution in [3.63, 3.8) is 0 Å². The van der Waals surface area contributed by atoms with E-state index in [0.717, 1.165) is 49.3 Å². The maximum Gasteiger partial charge on any atom is 0.494 e. The largest absolute Gasteiger partial charge is 0.496 e. The van der Waals surface area contributed by atoms with E-state index in [9.17, 15) is 18.4 Å². The number of ether oxygens (including phenoxy) is 4. The molecule has 0 bridgehead atoms. The fourth-order valence-electron chi connectivity index (χ4n) is 7.28. The summed E-state index contributed by atoms with van der Waals surface area (Å²) in [6, 6.07) is 15.2. The minimum Gasteiger partial charge on any atom is -0.496 e. The summed E-state index contributed by atoms with van der Waals surface area (Å²) in [6.45, 7) is 27.4. The van der Waals surface area contributed by atoms with Crippen LogP contribution >= 0.6 is 15.9 Å². The van der Waals surface area contributed by atoms with Gasteiger partial charge in [-0.1, -0.05) is 54.0 Å². The van der Waals surface area contributed by atoms with Crippen LogP contribution in [0.4, 0.5) is 8.78 Å². The summed E-state index contributed by atoms with van der Waals surface area (Å²) in [4.78, 5) is 23.5. The van der Waals surface area contributed by atoms with Crippen molar-refractivity contribution in [3.8, 4) is 22.6 Å². The van der Waals surface area contributed by atoms with E-state index in [-0.39, 0.29) is 48.3 Å². The number of rotatable bonds is 12. The molecule has 0 aliphatic carbocycles. The van der Waals surface area contributed by atoms with Crippen molar-refractivity contribution in [2.24, 2.45) is 0 Å². The van der Waals surface area contributed by atoms with Crippen LogP contribution in [0.5, 0.6) is 11.5 Å². The quantitative estimate of drug-likeness (QED) is 0.103. The normalized spacial score (nSPS) is 14.7. The standard InChI is InChI=1S/C22H27FO3.C19H28BFO4.C9H11BrO/c1-7-26-20(24)11-14(3)18-12-17(10-15(4)22(18)23)21-13(2)8-9-19(25-6)16(21)5;1-8-23-16(22)10-12(2)15-11-14(9-13(3)17(15)21)20-24-18(4,5)19(6,7)25-20;1-6-4-5-8(11-3)7(2)9(6)10/h8-10,12,14H,7,11H2,1-6H3;9,11-12H,8,10H2,1-7H3;4-5H,1-3H3/t14-;12-;/m00./s1. The fraction of sp³-hybridized carbons (Fsp3) is 0.480. The lowest BCUT2D eigenvalue weighted by Crippen LogP contribution is -2.41. The molecule has 1 fully saturated rings. The van der Waals surface area contributed by atoms with Gasteiger partial charge in [0, 0.05) is 10.0 Å². The van der Waals surface area contributed by atoms with Crippen LogP contribution in [0.1, 0.15) is 125 Å². The third-order valence-corrected chi connectivity index (χ3v) is 12.8. The van der Waals surface area contributed by atoms with Gasteiger partial charge in [0.2, 0.25) is 0 Å². The van der Waals surface area contributed by atoms with Gasteiger partial charge < -0.3 is 28.3 Å². The maximum atomic E-state index is 14.8. The van der Waals surface area contributed by atoms with Gasteiger partial charge in [0.15, 0.2) is 0 Å². The van der Waals surface area contributed by atoms with Gasteiger partial charge >= 0.3 is 19.1 Å². The highest BCUT2D eigenvalue weighted by atomic mass is 79.9. The number of methoxy groups -OCH3 is 2. The van der Waals surface area contributed by atoms with E-state index in [2.05, 4.69) is 22.9 Å². The molecule has 338 valence electrons. The lowest BCUT2D eigenvalue weighted by atomic mass is 9.76. The van der Waals surface area contributed by atoms with Crippen molar-refractivity contribution < 1.29 is 46.6 Å². The SMILES string of the molecule is CCOC(=O)C[C@H](C)c1cc(-c2c(C)ccc(OC)c2C)cc(C)c1F.CCOC(=O)C[C@H](C)c1cc(B2OC(C)(C)C(C)(C)O2)cc(C)c1F.COc1ccc(C)c(Br)c1C. The van der Waals surface area contributed by atoms with Crippen molar-refractivity contribution in [1.82, 2.24) is 0 Å². The monoisotopic (exact) mass is 922 g/mol. The molecule has 1 saturated heterocycles. The molecule has 4 aromatic rings. The average molecular weight is 924 g/mol. The first kappa shape index (κ1) is 52.1. The van der Waals surface area contributed by atoms with E-state index < -0.39 is 18.3 Å². The zero-order valence-corrected chi connectivity index (χ0v) is 41.2. The molecule has 5 rings (SSSR count). The molecule has 62 heavy (non-hydrogen) atoms. The topological polar surface area (TPSA) is 89.5 Å². The molecule has 0 amide bonds. The highest BCUT2D eigenvalue weighted by Gasteiger charge is 2.52. The molecular weight excluding hydrogens is 857 g/mol. The Balaban J connectivity index is 0.000000267. The number of hydrogen-bond acceptors (Lipinski definition) is 8. The Morgan fingerprint density at radius 3 is 1.56 bits per heavy atom. The molecule has 2 atom stereocenters. The third kappa shape index (κ3) is 12.7. The first-order valence-electron chi connectivity index (χ1n) is 21.2. The third-order valence-electron chi connectivity index (χ3n) is 11.6. The van der Waals surface area contributed by atoms with Crippen LogP contribution in [0.2, 0.25) is 0 Å². The van der Waals surface area contributed by atoms with E-state index in [1.165, 1.54) is 5.56 Å². The van der Waals surface area contributed by atoms with Gasteiger partial charge in [-0.3, -0.25) is 9.59 Å². The van der Waals surface area contributed by atoms with Gasteiger partial charge in [-0.2, -0.15) is 0 Å². The van der Waals surface area contributed by atoms with Gasteiger partial charge in [0.25, 0.3) is 0 Å². The summed E-state index contributed by atoms with van der Waals surface area (Å²) in [5, 5.41) is 0. The molecule has 1 heterocycles. The van der Waals surface area contributed by atoms with E-state index in [0.29, 0.717) is 35.5 Å². The maximum absolute atomic E-state index is 14.8. The molecule has 0 spiro atoms. The summed E-state index contributed by atoms with van der Waals surface area (Å²) in [7, 11) is 2.77. The molecule has 12 heteroatoms. The summed E-state index contributed by atoms with van der Waals surface area (Å²) in [5.41, 5.74) is 8.42.